The van der Waals surface area contributed by atoms with E-state index >= 15 is 0 Å². The van der Waals surface area contributed by atoms with E-state index in [4.69, 9.17) is 0 Å². The van der Waals surface area contributed by atoms with Gasteiger partial charge in [0, 0.05) is 36.6 Å². The summed E-state index contributed by atoms with van der Waals surface area (Å²) in [5.74, 6) is 2.04. The van der Waals surface area contributed by atoms with Crippen LogP contribution in [0.25, 0.3) is 0 Å². The largest absolute Gasteiger partial charge is 0.336 e. The third-order valence-electron chi connectivity index (χ3n) is 6.21. The molecule has 0 saturated carbocycles. The molecule has 140 valence electrons. The summed E-state index contributed by atoms with van der Waals surface area (Å²) in [7, 11) is 0. The summed E-state index contributed by atoms with van der Waals surface area (Å²) in [5, 5.41) is 0. The molecule has 1 aliphatic carbocycles. The highest BCUT2D eigenvalue weighted by Crippen LogP contribution is 2.37. The van der Waals surface area contributed by atoms with Crippen LogP contribution in [0.5, 0.6) is 0 Å². The van der Waals surface area contributed by atoms with Gasteiger partial charge in [0.1, 0.15) is 0 Å². The Morgan fingerprint density at radius 1 is 1.15 bits per heavy atom. The third-order valence-corrected chi connectivity index (χ3v) is 7.30. The molecular weight excluding hydrogens is 344 g/mol. The maximum absolute atomic E-state index is 13.4. The van der Waals surface area contributed by atoms with Crippen molar-refractivity contribution in [3.63, 3.8) is 0 Å². The van der Waals surface area contributed by atoms with Crippen molar-refractivity contribution in [2.75, 3.05) is 37.7 Å². The lowest BCUT2D eigenvalue weighted by molar-refractivity contribution is -0.134. The van der Waals surface area contributed by atoms with E-state index in [1.165, 1.54) is 18.4 Å². The number of hydrogen-bond acceptors (Lipinski definition) is 4. The van der Waals surface area contributed by atoms with Crippen LogP contribution in [0, 0.1) is 13.8 Å². The maximum atomic E-state index is 13.4. The number of fused-ring (bicyclic) bond motifs is 1. The van der Waals surface area contributed by atoms with Crippen LogP contribution >= 0.6 is 11.8 Å². The van der Waals surface area contributed by atoms with Gasteiger partial charge in [-0.3, -0.25) is 9.59 Å². The Morgan fingerprint density at radius 3 is 2.65 bits per heavy atom. The van der Waals surface area contributed by atoms with Crippen molar-refractivity contribution >= 4 is 23.5 Å². The summed E-state index contributed by atoms with van der Waals surface area (Å²) in [6.45, 7) is 8.21. The van der Waals surface area contributed by atoms with Crippen molar-refractivity contribution < 1.29 is 9.59 Å². The number of carbonyl (C=O) groups excluding carboxylic acids is 2. The van der Waals surface area contributed by atoms with Gasteiger partial charge in [0.15, 0.2) is 5.78 Å². The van der Waals surface area contributed by atoms with Crippen LogP contribution in [0.3, 0.4) is 0 Å². The van der Waals surface area contributed by atoms with Gasteiger partial charge in [0.05, 0.1) is 12.0 Å². The molecule has 1 aromatic rings. The first kappa shape index (κ1) is 18.1. The molecule has 1 aromatic carbocycles. The molecule has 2 saturated heterocycles. The number of likely N-dealkylation sites (tertiary alicyclic amines) is 1. The van der Waals surface area contributed by atoms with Gasteiger partial charge in [-0.05, 0) is 62.5 Å². The van der Waals surface area contributed by atoms with Gasteiger partial charge in [0.25, 0.3) is 0 Å². The molecule has 2 unspecified atom stereocenters. The molecule has 4 nitrogen and oxygen atoms in total. The normalized spacial score (nSPS) is 26.4. The fraction of sp³-hybridized carbons (Fsp3) is 0.619. The highest BCUT2D eigenvalue weighted by Gasteiger charge is 2.40. The van der Waals surface area contributed by atoms with Gasteiger partial charge in [-0.25, -0.2) is 0 Å². The summed E-state index contributed by atoms with van der Waals surface area (Å²) >= 11 is 1.95. The van der Waals surface area contributed by atoms with Crippen LogP contribution in [-0.4, -0.2) is 65.2 Å². The molecule has 1 amide bonds. The number of amides is 1. The number of benzene rings is 1. The van der Waals surface area contributed by atoms with Crippen molar-refractivity contribution in [1.82, 2.24) is 9.80 Å². The van der Waals surface area contributed by atoms with Gasteiger partial charge in [-0.15, -0.1) is 0 Å². The van der Waals surface area contributed by atoms with E-state index in [0.29, 0.717) is 6.42 Å². The van der Waals surface area contributed by atoms with Crippen molar-refractivity contribution in [3.05, 3.63) is 34.4 Å². The summed E-state index contributed by atoms with van der Waals surface area (Å²) in [5.41, 5.74) is 4.03. The van der Waals surface area contributed by atoms with E-state index in [2.05, 4.69) is 22.8 Å². The van der Waals surface area contributed by atoms with Crippen LogP contribution in [0.2, 0.25) is 0 Å². The summed E-state index contributed by atoms with van der Waals surface area (Å²) < 4.78 is 0. The lowest BCUT2D eigenvalue weighted by atomic mass is 9.95. The molecule has 0 spiro atoms. The Hall–Kier alpha value is -1.33. The molecular formula is C21H28N2O2S. The standard InChI is InChI=1S/C21H28N2O2S/c1-14-9-17-18(10-15(14)2)20(24)11-19(17)21(25)23-7-8-26-13-16(23)12-22-5-3-4-6-22/h9-10,16,19H,3-8,11-13H2,1-2H3. The molecule has 2 atom stereocenters. The Labute approximate surface area is 160 Å². The first-order valence-electron chi connectivity index (χ1n) is 9.79. The molecule has 4 rings (SSSR count). The number of carbonyl (C=O) groups is 2. The molecule has 0 aromatic heterocycles. The lowest BCUT2D eigenvalue weighted by Gasteiger charge is -2.39. The second-order valence-corrected chi connectivity index (χ2v) is 9.12. The third kappa shape index (κ3) is 3.31. The SMILES string of the molecule is Cc1cc2c(cc1C)C(C(=O)N1CCSCC1CN1CCCC1)CC2=O. The average molecular weight is 373 g/mol. The molecule has 26 heavy (non-hydrogen) atoms. The van der Waals surface area contributed by atoms with Gasteiger partial charge >= 0.3 is 0 Å². The van der Waals surface area contributed by atoms with Crippen LogP contribution in [0.4, 0.5) is 0 Å². The summed E-state index contributed by atoms with van der Waals surface area (Å²) in [6, 6.07) is 4.34. The second-order valence-electron chi connectivity index (χ2n) is 7.97. The van der Waals surface area contributed by atoms with E-state index in [1.807, 2.05) is 24.8 Å². The zero-order chi connectivity index (χ0) is 18.3. The Kier molecular flexibility index (Phi) is 5.11. The number of ketones is 1. The minimum absolute atomic E-state index is 0.129. The molecule has 3 aliphatic rings. The second kappa shape index (κ2) is 7.35. The Morgan fingerprint density at radius 2 is 1.88 bits per heavy atom. The zero-order valence-electron chi connectivity index (χ0n) is 15.8. The Balaban J connectivity index is 1.56. The highest BCUT2D eigenvalue weighted by molar-refractivity contribution is 7.99. The van der Waals surface area contributed by atoms with Gasteiger partial charge in [-0.1, -0.05) is 6.07 Å². The number of thioether (sulfide) groups is 1. The van der Waals surface area contributed by atoms with E-state index < -0.39 is 0 Å². The van der Waals surface area contributed by atoms with Crippen molar-refractivity contribution in [2.45, 2.75) is 45.1 Å². The number of hydrogen-bond donors (Lipinski definition) is 0. The predicted octanol–water partition coefficient (Wildman–Crippen LogP) is 3.01. The van der Waals surface area contributed by atoms with Crippen LogP contribution in [0.1, 0.15) is 52.2 Å². The molecule has 0 bridgehead atoms. The fourth-order valence-electron chi connectivity index (χ4n) is 4.55. The minimum Gasteiger partial charge on any atom is -0.336 e. The van der Waals surface area contributed by atoms with Crippen LogP contribution in [0.15, 0.2) is 12.1 Å². The molecule has 5 heteroatoms. The smallest absolute Gasteiger partial charge is 0.230 e. The topological polar surface area (TPSA) is 40.6 Å². The molecule has 2 aliphatic heterocycles. The van der Waals surface area contributed by atoms with Gasteiger partial charge in [0.2, 0.25) is 5.91 Å². The van der Waals surface area contributed by atoms with Crippen LogP contribution in [-0.2, 0) is 4.79 Å². The quantitative estimate of drug-likeness (QED) is 0.818. The number of Topliss-reactive ketones (excluding diaryl/α,β-unsaturated/α-hetero) is 1. The van der Waals surface area contributed by atoms with Crippen LogP contribution < -0.4 is 0 Å². The average Bonchev–Trinajstić information content (AvgIpc) is 3.24. The van der Waals surface area contributed by atoms with E-state index in [-0.39, 0.29) is 23.7 Å². The maximum Gasteiger partial charge on any atom is 0.230 e. The lowest BCUT2D eigenvalue weighted by Crippen LogP contribution is -2.52. The monoisotopic (exact) mass is 372 g/mol. The Bertz CT molecular complexity index is 727. The van der Waals surface area contributed by atoms with Gasteiger partial charge in [-0.2, -0.15) is 11.8 Å². The number of rotatable bonds is 3. The molecule has 2 fully saturated rings. The highest BCUT2D eigenvalue weighted by atomic mass is 32.2. The van der Waals surface area contributed by atoms with E-state index in [9.17, 15) is 9.59 Å². The van der Waals surface area contributed by atoms with Crippen molar-refractivity contribution in [3.8, 4) is 0 Å². The van der Waals surface area contributed by atoms with E-state index in [0.717, 1.165) is 54.4 Å². The van der Waals surface area contributed by atoms with Crippen molar-refractivity contribution in [2.24, 2.45) is 0 Å². The summed E-state index contributed by atoms with van der Waals surface area (Å²) in [6.07, 6.45) is 2.89. The number of nitrogens with zero attached hydrogens (tertiary/aromatic N) is 2. The first-order chi connectivity index (χ1) is 12.5. The zero-order valence-corrected chi connectivity index (χ0v) is 16.6. The minimum atomic E-state index is -0.277. The van der Waals surface area contributed by atoms with Gasteiger partial charge < -0.3 is 9.80 Å². The predicted molar refractivity (Wildman–Crippen MR) is 106 cm³/mol. The summed E-state index contributed by atoms with van der Waals surface area (Å²) in [4.78, 5) is 30.5. The molecule has 2 heterocycles. The first-order valence-corrected chi connectivity index (χ1v) is 10.9. The fourth-order valence-corrected chi connectivity index (χ4v) is 5.60. The number of aryl methyl sites for hydroxylation is 2. The molecule has 0 radical (unpaired) electrons. The molecule has 0 N–H and O–H groups in total. The van der Waals surface area contributed by atoms with E-state index in [1.54, 1.807) is 0 Å². The van der Waals surface area contributed by atoms with Crippen molar-refractivity contribution in [1.29, 1.82) is 0 Å².